The van der Waals surface area contributed by atoms with Crippen molar-refractivity contribution in [3.8, 4) is 10.6 Å². The number of piperidine rings is 2. The van der Waals surface area contributed by atoms with Crippen LogP contribution in [0.15, 0.2) is 29.6 Å². The molecule has 0 aromatic carbocycles. The molecule has 1 spiro atoms. The van der Waals surface area contributed by atoms with Gasteiger partial charge < -0.3 is 19.3 Å². The molecule has 1 amide bonds. The van der Waals surface area contributed by atoms with E-state index in [4.69, 9.17) is 9.47 Å². The van der Waals surface area contributed by atoms with Crippen LogP contribution in [-0.4, -0.2) is 66.2 Å². The smallest absolute Gasteiger partial charge is 0.225 e. The number of thiophene rings is 1. The van der Waals surface area contributed by atoms with Gasteiger partial charge in [0.25, 0.3) is 0 Å². The Morgan fingerprint density at radius 1 is 1.03 bits per heavy atom. The van der Waals surface area contributed by atoms with E-state index in [9.17, 15) is 4.79 Å². The van der Waals surface area contributed by atoms with Crippen LogP contribution in [0.3, 0.4) is 0 Å². The summed E-state index contributed by atoms with van der Waals surface area (Å²) in [6, 6.07) is 8.14. The number of likely N-dealkylation sites (tertiary alicyclic amines) is 1. The van der Waals surface area contributed by atoms with Gasteiger partial charge in [0, 0.05) is 44.9 Å². The third-order valence-corrected chi connectivity index (χ3v) is 7.14. The van der Waals surface area contributed by atoms with Gasteiger partial charge >= 0.3 is 0 Å². The maximum atomic E-state index is 13.0. The van der Waals surface area contributed by atoms with Crippen molar-refractivity contribution >= 4 is 23.1 Å². The Labute approximate surface area is 174 Å². The lowest BCUT2D eigenvalue weighted by atomic mass is 9.93. The molecule has 5 heterocycles. The highest BCUT2D eigenvalue weighted by Crippen LogP contribution is 2.33. The molecule has 0 aliphatic carbocycles. The average Bonchev–Trinajstić information content (AvgIpc) is 3.47. The van der Waals surface area contributed by atoms with Crippen LogP contribution in [0, 0.1) is 5.92 Å². The van der Waals surface area contributed by atoms with Gasteiger partial charge in [-0.2, -0.15) is 0 Å². The largest absolute Gasteiger partial charge is 0.355 e. The predicted octanol–water partition coefficient (Wildman–Crippen LogP) is 2.79. The fourth-order valence-electron chi connectivity index (χ4n) is 4.52. The minimum atomic E-state index is -0.423. The molecule has 2 aromatic rings. The van der Waals surface area contributed by atoms with Crippen molar-refractivity contribution in [3.05, 3.63) is 29.6 Å². The molecule has 0 radical (unpaired) electrons. The summed E-state index contributed by atoms with van der Waals surface area (Å²) in [5.41, 5.74) is 0.909. The fourth-order valence-corrected chi connectivity index (χ4v) is 5.21. The molecule has 0 atom stereocenters. The number of carbonyl (C=O) groups is 1. The normalized spacial score (nSPS) is 22.3. The van der Waals surface area contributed by atoms with E-state index < -0.39 is 5.79 Å². The first kappa shape index (κ1) is 19.0. The lowest BCUT2D eigenvalue weighted by molar-refractivity contribution is -0.188. The quantitative estimate of drug-likeness (QED) is 0.769. The Morgan fingerprint density at radius 3 is 2.41 bits per heavy atom. The van der Waals surface area contributed by atoms with Crippen molar-refractivity contribution in [3.63, 3.8) is 0 Å². The third-order valence-electron chi connectivity index (χ3n) is 6.24. The lowest BCUT2D eigenvalue weighted by Gasteiger charge is -2.40. The van der Waals surface area contributed by atoms with Crippen LogP contribution in [0.2, 0.25) is 0 Å². The maximum absolute atomic E-state index is 13.0. The summed E-state index contributed by atoms with van der Waals surface area (Å²) in [7, 11) is 0. The summed E-state index contributed by atoms with van der Waals surface area (Å²) in [6.45, 7) is 4.48. The first-order chi connectivity index (χ1) is 14.2. The molecule has 3 fully saturated rings. The lowest BCUT2D eigenvalue weighted by Crippen LogP contribution is -2.50. The highest BCUT2D eigenvalue weighted by molar-refractivity contribution is 7.13. The minimum absolute atomic E-state index is 0.101. The fraction of sp³-hybridized carbons (Fsp3) is 0.571. The van der Waals surface area contributed by atoms with Gasteiger partial charge in [-0.25, -0.2) is 0 Å². The monoisotopic (exact) mass is 414 g/mol. The standard InChI is InChI=1S/C21H26N4O3S/c26-20(25-11-7-21(8-12-25)27-13-14-28-21)16-5-9-24(10-6-16)19-4-3-17(22-23-19)18-2-1-15-29-18/h1-4,15-16H,5-14H2. The Bertz CT molecular complexity index is 818. The first-order valence-corrected chi connectivity index (χ1v) is 11.3. The maximum Gasteiger partial charge on any atom is 0.225 e. The second-order valence-electron chi connectivity index (χ2n) is 7.95. The van der Waals surface area contributed by atoms with Crippen LogP contribution in [0.5, 0.6) is 0 Å². The Balaban J connectivity index is 1.14. The molecular weight excluding hydrogens is 388 g/mol. The van der Waals surface area contributed by atoms with Crippen LogP contribution in [0.4, 0.5) is 5.82 Å². The third kappa shape index (κ3) is 3.89. The van der Waals surface area contributed by atoms with E-state index in [2.05, 4.69) is 21.2 Å². The highest BCUT2D eigenvalue weighted by atomic mass is 32.1. The van der Waals surface area contributed by atoms with E-state index >= 15 is 0 Å². The van der Waals surface area contributed by atoms with Crippen molar-refractivity contribution in [2.24, 2.45) is 5.92 Å². The van der Waals surface area contributed by atoms with Crippen molar-refractivity contribution in [1.29, 1.82) is 0 Å². The van der Waals surface area contributed by atoms with Gasteiger partial charge in [-0.3, -0.25) is 4.79 Å². The number of anilines is 1. The van der Waals surface area contributed by atoms with Gasteiger partial charge in [0.2, 0.25) is 5.91 Å². The highest BCUT2D eigenvalue weighted by Gasteiger charge is 2.41. The summed E-state index contributed by atoms with van der Waals surface area (Å²) in [6.07, 6.45) is 3.29. The molecule has 154 valence electrons. The van der Waals surface area contributed by atoms with Gasteiger partial charge in [0.1, 0.15) is 5.69 Å². The predicted molar refractivity (Wildman–Crippen MR) is 111 cm³/mol. The average molecular weight is 415 g/mol. The zero-order valence-corrected chi connectivity index (χ0v) is 17.3. The molecule has 7 nitrogen and oxygen atoms in total. The molecule has 29 heavy (non-hydrogen) atoms. The topological polar surface area (TPSA) is 67.8 Å². The number of hydrogen-bond acceptors (Lipinski definition) is 7. The molecule has 0 N–H and O–H groups in total. The summed E-state index contributed by atoms with van der Waals surface area (Å²) in [5, 5.41) is 10.8. The van der Waals surface area contributed by atoms with Gasteiger partial charge in [-0.15, -0.1) is 21.5 Å². The molecule has 2 aromatic heterocycles. The van der Waals surface area contributed by atoms with Crippen molar-refractivity contribution < 1.29 is 14.3 Å². The van der Waals surface area contributed by atoms with E-state index in [0.717, 1.165) is 68.3 Å². The molecule has 3 saturated heterocycles. The first-order valence-electron chi connectivity index (χ1n) is 10.4. The van der Waals surface area contributed by atoms with Crippen LogP contribution in [0.25, 0.3) is 10.6 Å². The van der Waals surface area contributed by atoms with E-state index in [1.807, 2.05) is 28.5 Å². The minimum Gasteiger partial charge on any atom is -0.355 e. The number of hydrogen-bond donors (Lipinski definition) is 0. The summed E-state index contributed by atoms with van der Waals surface area (Å²) >= 11 is 1.67. The van der Waals surface area contributed by atoms with Crippen LogP contribution >= 0.6 is 11.3 Å². The molecule has 0 saturated carbocycles. The number of rotatable bonds is 3. The molecule has 3 aliphatic heterocycles. The number of ether oxygens (including phenoxy) is 2. The van der Waals surface area contributed by atoms with E-state index in [-0.39, 0.29) is 11.8 Å². The number of aromatic nitrogens is 2. The van der Waals surface area contributed by atoms with Gasteiger partial charge in [0.05, 0.1) is 18.1 Å². The summed E-state index contributed by atoms with van der Waals surface area (Å²) in [4.78, 5) is 18.3. The molecule has 0 unspecified atom stereocenters. The van der Waals surface area contributed by atoms with E-state index in [1.54, 1.807) is 11.3 Å². The van der Waals surface area contributed by atoms with Crippen LogP contribution in [-0.2, 0) is 14.3 Å². The SMILES string of the molecule is O=C(C1CCN(c2ccc(-c3cccs3)nn2)CC1)N1CCC2(CC1)OCCO2. The second kappa shape index (κ2) is 8.01. The van der Waals surface area contributed by atoms with Gasteiger partial charge in [0.15, 0.2) is 11.6 Å². The number of amides is 1. The number of nitrogens with zero attached hydrogens (tertiary/aromatic N) is 4. The van der Waals surface area contributed by atoms with Crippen LogP contribution < -0.4 is 4.90 Å². The molecule has 0 bridgehead atoms. The van der Waals surface area contributed by atoms with Crippen molar-refractivity contribution in [2.75, 3.05) is 44.3 Å². The zero-order chi connectivity index (χ0) is 19.7. The zero-order valence-electron chi connectivity index (χ0n) is 16.5. The van der Waals surface area contributed by atoms with Gasteiger partial charge in [-0.05, 0) is 36.4 Å². The van der Waals surface area contributed by atoms with Crippen molar-refractivity contribution in [2.45, 2.75) is 31.5 Å². The number of carbonyl (C=O) groups excluding carboxylic acids is 1. The van der Waals surface area contributed by atoms with E-state index in [0.29, 0.717) is 13.2 Å². The molecule has 5 rings (SSSR count). The Kier molecular flexibility index (Phi) is 5.24. The molecular formula is C21H26N4O3S. The summed E-state index contributed by atoms with van der Waals surface area (Å²) < 4.78 is 11.5. The Hall–Kier alpha value is -2.03. The van der Waals surface area contributed by atoms with Gasteiger partial charge in [-0.1, -0.05) is 6.07 Å². The summed E-state index contributed by atoms with van der Waals surface area (Å²) in [5.74, 6) is 0.862. The Morgan fingerprint density at radius 2 is 1.79 bits per heavy atom. The van der Waals surface area contributed by atoms with Crippen molar-refractivity contribution in [1.82, 2.24) is 15.1 Å². The molecule has 8 heteroatoms. The second-order valence-corrected chi connectivity index (χ2v) is 8.90. The van der Waals surface area contributed by atoms with E-state index in [1.165, 1.54) is 0 Å². The van der Waals surface area contributed by atoms with Crippen LogP contribution in [0.1, 0.15) is 25.7 Å². The molecule has 3 aliphatic rings.